The molecule has 5 heteroatoms. The zero-order chi connectivity index (χ0) is 19.2. The van der Waals surface area contributed by atoms with E-state index in [1.807, 2.05) is 44.2 Å². The predicted molar refractivity (Wildman–Crippen MR) is 102 cm³/mol. The number of nitrogens with zero attached hydrogens (tertiary/aromatic N) is 1. The van der Waals surface area contributed by atoms with Crippen molar-refractivity contribution >= 4 is 17.8 Å². The van der Waals surface area contributed by atoms with Gasteiger partial charge < -0.3 is 14.2 Å². The third-order valence-corrected chi connectivity index (χ3v) is 3.94. The van der Waals surface area contributed by atoms with Gasteiger partial charge in [0.05, 0.1) is 12.2 Å². The average Bonchev–Trinajstić information content (AvgIpc) is 3.02. The maximum absolute atomic E-state index is 12.2. The number of benzene rings is 2. The van der Waals surface area contributed by atoms with Crippen molar-refractivity contribution in [2.24, 2.45) is 0 Å². The lowest BCUT2D eigenvalue weighted by Gasteiger charge is -2.10. The first-order valence-corrected chi connectivity index (χ1v) is 8.60. The summed E-state index contributed by atoms with van der Waals surface area (Å²) < 4.78 is 16.3. The van der Waals surface area contributed by atoms with E-state index < -0.39 is 5.97 Å². The molecule has 2 aromatic carbocycles. The smallest absolute Gasteiger partial charge is 0.343 e. The third kappa shape index (κ3) is 4.36. The molecule has 1 heterocycles. The number of carbonyl (C=O) groups is 1. The molecule has 0 N–H and O–H groups in total. The van der Waals surface area contributed by atoms with Gasteiger partial charge in [0.1, 0.15) is 11.8 Å². The summed E-state index contributed by atoms with van der Waals surface area (Å²) >= 11 is 0. The van der Waals surface area contributed by atoms with Crippen LogP contribution in [0, 0.1) is 18.3 Å². The summed E-state index contributed by atoms with van der Waals surface area (Å²) in [6.45, 7) is 4.27. The van der Waals surface area contributed by atoms with E-state index in [0.29, 0.717) is 29.4 Å². The van der Waals surface area contributed by atoms with Crippen LogP contribution >= 0.6 is 0 Å². The highest BCUT2D eigenvalue weighted by atomic mass is 16.5. The van der Waals surface area contributed by atoms with Crippen LogP contribution < -0.4 is 9.47 Å². The number of rotatable bonds is 6. The maximum Gasteiger partial charge on any atom is 0.343 e. The summed E-state index contributed by atoms with van der Waals surface area (Å²) in [7, 11) is 0. The van der Waals surface area contributed by atoms with Crippen molar-refractivity contribution < 1.29 is 19.0 Å². The quantitative estimate of drug-likeness (QED) is 0.567. The Balaban J connectivity index is 1.88. The fraction of sp³-hybridized carbons (Fsp3) is 0.182. The van der Waals surface area contributed by atoms with Crippen LogP contribution in [0.2, 0.25) is 0 Å². The van der Waals surface area contributed by atoms with E-state index in [4.69, 9.17) is 19.5 Å². The zero-order valence-corrected chi connectivity index (χ0v) is 15.2. The topological polar surface area (TPSA) is 68.6 Å². The predicted octanol–water partition coefficient (Wildman–Crippen LogP) is 4.28. The Morgan fingerprint density at radius 1 is 1.11 bits per heavy atom. The van der Waals surface area contributed by atoms with Crippen LogP contribution in [0.3, 0.4) is 0 Å². The van der Waals surface area contributed by atoms with Gasteiger partial charge in [0, 0.05) is 5.56 Å². The first-order chi connectivity index (χ1) is 13.1. The number of cyclic esters (lactones) is 1. The monoisotopic (exact) mass is 361 g/mol. The van der Waals surface area contributed by atoms with Gasteiger partial charge in [-0.15, -0.1) is 0 Å². The minimum absolute atomic E-state index is 0.0600. The Labute approximate surface area is 158 Å². The van der Waals surface area contributed by atoms with Crippen LogP contribution in [0.1, 0.15) is 23.6 Å². The van der Waals surface area contributed by atoms with Gasteiger partial charge in [-0.3, -0.25) is 0 Å². The largest absolute Gasteiger partial charge is 0.490 e. The summed E-state index contributed by atoms with van der Waals surface area (Å²) in [6.07, 6.45) is 3.47. The van der Waals surface area contributed by atoms with Gasteiger partial charge in [-0.2, -0.15) is 5.26 Å². The average molecular weight is 361 g/mol. The zero-order valence-electron chi connectivity index (χ0n) is 15.2. The molecule has 1 aliphatic rings. The minimum atomic E-state index is -0.395. The molecule has 0 spiro atoms. The van der Waals surface area contributed by atoms with Crippen molar-refractivity contribution in [3.8, 4) is 17.6 Å². The van der Waals surface area contributed by atoms with Gasteiger partial charge in [-0.25, -0.2) is 4.79 Å². The molecule has 0 aliphatic carbocycles. The van der Waals surface area contributed by atoms with E-state index in [1.54, 1.807) is 30.4 Å². The van der Waals surface area contributed by atoms with E-state index >= 15 is 0 Å². The van der Waals surface area contributed by atoms with Gasteiger partial charge in [0.2, 0.25) is 0 Å². The summed E-state index contributed by atoms with van der Waals surface area (Å²) in [6, 6.07) is 15.0. The Morgan fingerprint density at radius 3 is 2.59 bits per heavy atom. The molecule has 1 aliphatic heterocycles. The van der Waals surface area contributed by atoms with Gasteiger partial charge in [0.25, 0.3) is 0 Å². The van der Waals surface area contributed by atoms with Crippen molar-refractivity contribution in [2.75, 3.05) is 13.2 Å². The molecule has 3 rings (SSSR count). The van der Waals surface area contributed by atoms with Crippen molar-refractivity contribution in [1.29, 1.82) is 5.26 Å². The van der Waals surface area contributed by atoms with Crippen LogP contribution in [0.15, 0.2) is 54.1 Å². The summed E-state index contributed by atoms with van der Waals surface area (Å²) in [5.74, 6) is 1.15. The highest BCUT2D eigenvalue weighted by Crippen LogP contribution is 2.31. The van der Waals surface area contributed by atoms with Gasteiger partial charge in [-0.05, 0) is 43.7 Å². The fourth-order valence-corrected chi connectivity index (χ4v) is 2.64. The molecule has 0 atom stereocenters. The Hall–Kier alpha value is -3.52. The van der Waals surface area contributed by atoms with Crippen molar-refractivity contribution in [3.63, 3.8) is 0 Å². The molecule has 0 saturated carbocycles. The second-order valence-electron chi connectivity index (χ2n) is 5.95. The standard InChI is InChI=1S/C22H19NO4/c1-3-25-21-13-16(6-9-19(21)26-11-10-23)12-18-14-20(27-22(18)24)17-7-4-15(2)5-8-17/h4-9,12-14H,3,11H2,1-2H3/b18-12+. The number of carbonyl (C=O) groups excluding carboxylic acids is 1. The molecule has 0 aromatic heterocycles. The van der Waals surface area contributed by atoms with E-state index in [9.17, 15) is 4.79 Å². The van der Waals surface area contributed by atoms with Gasteiger partial charge >= 0.3 is 5.97 Å². The number of hydrogen-bond donors (Lipinski definition) is 0. The third-order valence-electron chi connectivity index (χ3n) is 3.94. The van der Waals surface area contributed by atoms with Crippen molar-refractivity contribution in [3.05, 3.63) is 70.8 Å². The summed E-state index contributed by atoms with van der Waals surface area (Å²) in [4.78, 5) is 12.2. The molecule has 0 fully saturated rings. The Morgan fingerprint density at radius 2 is 1.89 bits per heavy atom. The highest BCUT2D eigenvalue weighted by molar-refractivity contribution is 6.05. The first-order valence-electron chi connectivity index (χ1n) is 8.60. The van der Waals surface area contributed by atoms with Crippen LogP contribution in [0.5, 0.6) is 11.5 Å². The van der Waals surface area contributed by atoms with Gasteiger partial charge in [-0.1, -0.05) is 35.9 Å². The molecule has 0 radical (unpaired) electrons. The van der Waals surface area contributed by atoms with Crippen molar-refractivity contribution in [1.82, 2.24) is 0 Å². The second-order valence-corrected chi connectivity index (χ2v) is 5.95. The number of ether oxygens (including phenoxy) is 3. The van der Waals surface area contributed by atoms with Crippen molar-refractivity contribution in [2.45, 2.75) is 13.8 Å². The van der Waals surface area contributed by atoms with E-state index in [-0.39, 0.29) is 6.61 Å². The molecule has 2 aromatic rings. The second kappa shape index (κ2) is 8.24. The molecule has 27 heavy (non-hydrogen) atoms. The molecule has 0 unspecified atom stereocenters. The van der Waals surface area contributed by atoms with E-state index in [2.05, 4.69) is 0 Å². The lowest BCUT2D eigenvalue weighted by atomic mass is 10.1. The fourth-order valence-electron chi connectivity index (χ4n) is 2.64. The van der Waals surface area contributed by atoms with Crippen LogP contribution in [0.4, 0.5) is 0 Å². The minimum Gasteiger partial charge on any atom is -0.490 e. The van der Waals surface area contributed by atoms with Crippen LogP contribution in [-0.4, -0.2) is 19.2 Å². The molecule has 0 saturated heterocycles. The molecule has 0 bridgehead atoms. The van der Waals surface area contributed by atoms with E-state index in [1.165, 1.54) is 0 Å². The number of aryl methyl sites for hydroxylation is 1. The van der Waals surface area contributed by atoms with Crippen LogP contribution in [0.25, 0.3) is 11.8 Å². The molecule has 136 valence electrons. The van der Waals surface area contributed by atoms with Gasteiger partial charge in [0.15, 0.2) is 18.1 Å². The summed E-state index contributed by atoms with van der Waals surface area (Å²) in [5, 5.41) is 8.67. The number of nitriles is 1. The lowest BCUT2D eigenvalue weighted by molar-refractivity contribution is -0.130. The lowest BCUT2D eigenvalue weighted by Crippen LogP contribution is -2.00. The number of hydrogen-bond acceptors (Lipinski definition) is 5. The summed E-state index contributed by atoms with van der Waals surface area (Å²) in [5.41, 5.74) is 3.23. The molecular formula is C22H19NO4. The maximum atomic E-state index is 12.2. The SMILES string of the molecule is CCOc1cc(/C=C2\C=C(c3ccc(C)cc3)OC2=O)ccc1OCC#N. The first kappa shape index (κ1) is 18.3. The van der Waals surface area contributed by atoms with E-state index in [0.717, 1.165) is 16.7 Å². The highest BCUT2D eigenvalue weighted by Gasteiger charge is 2.22. The molecular weight excluding hydrogens is 342 g/mol. The Kier molecular flexibility index (Phi) is 5.58. The Bertz CT molecular complexity index is 949. The normalized spacial score (nSPS) is 14.5. The molecule has 0 amide bonds. The number of esters is 1. The molecule has 5 nitrogen and oxygen atoms in total. The van der Waals surface area contributed by atoms with Crippen LogP contribution in [-0.2, 0) is 9.53 Å².